The monoisotopic (exact) mass is 642 g/mol. The van der Waals surface area contributed by atoms with Crippen LogP contribution < -0.4 is 19.6 Å². The third kappa shape index (κ3) is 8.25. The maximum Gasteiger partial charge on any atom is 0.241 e. The topological polar surface area (TPSA) is 116 Å². The molecule has 256 valence electrons. The van der Waals surface area contributed by atoms with Gasteiger partial charge in [0.2, 0.25) is 17.8 Å². The lowest BCUT2D eigenvalue weighted by Gasteiger charge is -2.35. The second-order valence-electron chi connectivity index (χ2n) is 12.5. The number of anilines is 4. The lowest BCUT2D eigenvalue weighted by atomic mass is 10.1. The molecule has 14 heteroatoms. The van der Waals surface area contributed by atoms with E-state index in [1.807, 2.05) is 7.05 Å². The van der Waals surface area contributed by atoms with Crippen LogP contribution in [0.15, 0.2) is 0 Å². The third-order valence-corrected chi connectivity index (χ3v) is 9.53. The zero-order valence-electron chi connectivity index (χ0n) is 28.6. The Bertz CT molecular complexity index is 1260. The Morgan fingerprint density at radius 1 is 0.739 bits per heavy atom. The fourth-order valence-corrected chi connectivity index (χ4v) is 6.49. The number of hydrogen-bond acceptors (Lipinski definition) is 13. The van der Waals surface area contributed by atoms with Crippen molar-refractivity contribution in [1.29, 1.82) is 0 Å². The fourth-order valence-electron chi connectivity index (χ4n) is 6.49. The Balaban J connectivity index is 1.63. The Labute approximate surface area is 274 Å². The molecule has 46 heavy (non-hydrogen) atoms. The van der Waals surface area contributed by atoms with E-state index in [4.69, 9.17) is 34.1 Å². The second-order valence-corrected chi connectivity index (χ2v) is 12.5. The zero-order chi connectivity index (χ0) is 32.5. The minimum absolute atomic E-state index is 0.0648. The molecule has 0 atom stereocenters. The number of likely N-dealkylation sites (tertiary alicyclic amines) is 1. The van der Waals surface area contributed by atoms with E-state index >= 15 is 0 Å². The summed E-state index contributed by atoms with van der Waals surface area (Å²) in [5.41, 5.74) is 1.39. The van der Waals surface area contributed by atoms with Crippen molar-refractivity contribution in [2.24, 2.45) is 0 Å². The van der Waals surface area contributed by atoms with Crippen LogP contribution in [-0.4, -0.2) is 162 Å². The van der Waals surface area contributed by atoms with Gasteiger partial charge in [-0.1, -0.05) is 6.42 Å². The van der Waals surface area contributed by atoms with E-state index in [-0.39, 0.29) is 18.6 Å². The highest BCUT2D eigenvalue weighted by Crippen LogP contribution is 2.34. The highest BCUT2D eigenvalue weighted by Gasteiger charge is 2.30. The lowest BCUT2D eigenvalue weighted by Crippen LogP contribution is -2.49. The molecule has 0 aromatic carbocycles. The summed E-state index contributed by atoms with van der Waals surface area (Å²) in [6.07, 6.45) is 5.87. The molecule has 3 aliphatic heterocycles. The number of methoxy groups -OCH3 is 3. The molecule has 5 rings (SSSR count). The number of carbonyl (C=O) groups excluding carboxylic acids is 1. The number of fused-ring (bicyclic) bond motifs is 1. The van der Waals surface area contributed by atoms with Crippen LogP contribution in [0.2, 0.25) is 0 Å². The molecule has 1 amide bonds. The number of nitrogens with zero attached hydrogens (tertiary/aromatic N) is 10. The first-order valence-electron chi connectivity index (χ1n) is 17.0. The van der Waals surface area contributed by atoms with Crippen LogP contribution in [0.3, 0.4) is 0 Å². The maximum atomic E-state index is 13.0. The molecule has 3 saturated heterocycles. The first-order valence-corrected chi connectivity index (χ1v) is 17.0. The predicted octanol–water partition coefficient (Wildman–Crippen LogP) is 1.72. The van der Waals surface area contributed by atoms with Gasteiger partial charge in [-0.15, -0.1) is 0 Å². The molecule has 2 aromatic heterocycles. The third-order valence-electron chi connectivity index (χ3n) is 9.53. The van der Waals surface area contributed by atoms with Crippen molar-refractivity contribution in [3.63, 3.8) is 0 Å². The number of likely N-dealkylation sites (N-methyl/N-ethyl adjacent to an activating group) is 2. The largest absolute Gasteiger partial charge is 0.383 e. The van der Waals surface area contributed by atoms with Crippen LogP contribution in [-0.2, 0) is 19.0 Å². The number of rotatable bonds is 15. The van der Waals surface area contributed by atoms with Crippen molar-refractivity contribution in [3.8, 4) is 0 Å². The van der Waals surface area contributed by atoms with E-state index < -0.39 is 0 Å². The second kappa shape index (κ2) is 16.7. The molecule has 14 nitrogen and oxygen atoms in total. The van der Waals surface area contributed by atoms with Gasteiger partial charge in [-0.25, -0.2) is 9.97 Å². The average molecular weight is 643 g/mol. The zero-order valence-corrected chi connectivity index (χ0v) is 28.6. The van der Waals surface area contributed by atoms with Crippen LogP contribution in [0, 0.1) is 0 Å². The Hall–Kier alpha value is -3.07. The summed E-state index contributed by atoms with van der Waals surface area (Å²) in [5, 5.41) is 0. The van der Waals surface area contributed by atoms with E-state index in [0.29, 0.717) is 62.6 Å². The maximum absolute atomic E-state index is 13.0. The normalized spacial score (nSPS) is 18.5. The summed E-state index contributed by atoms with van der Waals surface area (Å²) < 4.78 is 16.6. The summed E-state index contributed by atoms with van der Waals surface area (Å²) in [6, 6.07) is 0. The fraction of sp³-hybridized carbons (Fsp3) is 0.781. The predicted molar refractivity (Wildman–Crippen MR) is 181 cm³/mol. The summed E-state index contributed by atoms with van der Waals surface area (Å²) in [7, 11) is 7.04. The summed E-state index contributed by atoms with van der Waals surface area (Å²) >= 11 is 0. The van der Waals surface area contributed by atoms with Gasteiger partial charge in [0.15, 0.2) is 11.6 Å². The molecule has 0 radical (unpaired) electrons. The van der Waals surface area contributed by atoms with Gasteiger partial charge in [-0.05, 0) is 45.7 Å². The summed E-state index contributed by atoms with van der Waals surface area (Å²) in [4.78, 5) is 46.9. The van der Waals surface area contributed by atoms with Crippen molar-refractivity contribution >= 4 is 40.5 Å². The van der Waals surface area contributed by atoms with Gasteiger partial charge in [0, 0.05) is 87.3 Å². The molecule has 0 bridgehead atoms. The number of ether oxygens (including phenoxy) is 3. The standard InChI is InChI=1S/C32H54N10O4/c1-6-39(19-17-38-12-8-7-9-13-38)31-33-27-28(30(36-31)42-18-16-37(2)26(43)24-42)34-32(41(20-22-44-3)21-23-45-4)35-29(27)40-14-10-25(46-5)11-15-40/h25H,6-24H2,1-5H3. The molecule has 0 saturated carbocycles. The molecule has 3 fully saturated rings. The van der Waals surface area contributed by atoms with Crippen LogP contribution in [0.4, 0.5) is 23.5 Å². The summed E-state index contributed by atoms with van der Waals surface area (Å²) in [6.45, 7) is 12.4. The van der Waals surface area contributed by atoms with Crippen molar-refractivity contribution in [2.45, 2.75) is 45.1 Å². The van der Waals surface area contributed by atoms with Gasteiger partial charge in [-0.3, -0.25) is 4.79 Å². The van der Waals surface area contributed by atoms with Crippen molar-refractivity contribution < 1.29 is 19.0 Å². The number of carbonyl (C=O) groups is 1. The number of piperidine rings is 2. The van der Waals surface area contributed by atoms with Crippen molar-refractivity contribution in [3.05, 3.63) is 0 Å². The van der Waals surface area contributed by atoms with Gasteiger partial charge in [0.1, 0.15) is 11.0 Å². The van der Waals surface area contributed by atoms with Gasteiger partial charge < -0.3 is 43.6 Å². The Morgan fingerprint density at radius 2 is 1.35 bits per heavy atom. The molecule has 0 spiro atoms. The van der Waals surface area contributed by atoms with Gasteiger partial charge >= 0.3 is 0 Å². The minimum atomic E-state index is 0.0648. The Kier molecular flexibility index (Phi) is 12.4. The lowest BCUT2D eigenvalue weighted by molar-refractivity contribution is -0.129. The first-order chi connectivity index (χ1) is 22.4. The number of hydrogen-bond donors (Lipinski definition) is 0. The molecule has 3 aliphatic rings. The number of aromatic nitrogens is 4. The van der Waals surface area contributed by atoms with E-state index in [0.717, 1.165) is 70.0 Å². The number of amides is 1. The number of piperazine rings is 1. The quantitative estimate of drug-likeness (QED) is 0.281. The average Bonchev–Trinajstić information content (AvgIpc) is 3.09. The minimum Gasteiger partial charge on any atom is -0.383 e. The van der Waals surface area contributed by atoms with Crippen molar-refractivity contribution in [1.82, 2.24) is 29.7 Å². The van der Waals surface area contributed by atoms with Crippen LogP contribution in [0.25, 0.3) is 11.0 Å². The highest BCUT2D eigenvalue weighted by atomic mass is 16.5. The van der Waals surface area contributed by atoms with Crippen LogP contribution >= 0.6 is 0 Å². The van der Waals surface area contributed by atoms with Crippen LogP contribution in [0.5, 0.6) is 0 Å². The van der Waals surface area contributed by atoms with Crippen molar-refractivity contribution in [2.75, 3.05) is 140 Å². The molecule has 5 heterocycles. The molecular formula is C32H54N10O4. The van der Waals surface area contributed by atoms with Gasteiger partial charge in [0.05, 0.1) is 25.9 Å². The van der Waals surface area contributed by atoms with E-state index in [9.17, 15) is 4.79 Å². The first kappa shape index (κ1) is 34.3. The van der Waals surface area contributed by atoms with E-state index in [2.05, 4.69) is 31.4 Å². The highest BCUT2D eigenvalue weighted by molar-refractivity contribution is 5.96. The summed E-state index contributed by atoms with van der Waals surface area (Å²) in [5.74, 6) is 2.80. The van der Waals surface area contributed by atoms with E-state index in [1.54, 1.807) is 26.2 Å². The van der Waals surface area contributed by atoms with Crippen LogP contribution in [0.1, 0.15) is 39.0 Å². The molecule has 0 N–H and O–H groups in total. The SMILES string of the molecule is CCN(CCN1CCCCC1)c1nc(N2CCN(C)C(=O)C2)c2nc(N(CCOC)CCOC)nc(N3CCC(OC)CC3)c2n1. The van der Waals surface area contributed by atoms with E-state index in [1.165, 1.54) is 19.3 Å². The molecule has 0 unspecified atom stereocenters. The molecular weight excluding hydrogens is 588 g/mol. The van der Waals surface area contributed by atoms with Gasteiger partial charge in [0.25, 0.3) is 0 Å². The Morgan fingerprint density at radius 3 is 1.91 bits per heavy atom. The smallest absolute Gasteiger partial charge is 0.241 e. The molecule has 0 aliphatic carbocycles. The molecule has 2 aromatic rings. The van der Waals surface area contributed by atoms with Gasteiger partial charge in [-0.2, -0.15) is 9.97 Å².